The molecule has 2 N–H and O–H groups in total. The van der Waals surface area contributed by atoms with Crippen LogP contribution in [0.3, 0.4) is 0 Å². The van der Waals surface area contributed by atoms with Crippen LogP contribution >= 0.6 is 0 Å². The standard InChI is InChI=1S/C14H26N4O2/c1-10(2)19-8-6-7-16-14(15-5)17-9-13-18-11(3)12(4)20-13/h10H,6-9H2,1-5H3,(H2,15,16,17). The van der Waals surface area contributed by atoms with Gasteiger partial charge in [0.1, 0.15) is 5.76 Å². The van der Waals surface area contributed by atoms with E-state index in [2.05, 4.69) is 20.6 Å². The number of aryl methyl sites for hydroxylation is 2. The molecule has 0 aliphatic carbocycles. The zero-order valence-electron chi connectivity index (χ0n) is 13.1. The van der Waals surface area contributed by atoms with E-state index in [9.17, 15) is 0 Å². The summed E-state index contributed by atoms with van der Waals surface area (Å²) in [6.45, 7) is 10.0. The van der Waals surface area contributed by atoms with Crippen molar-refractivity contribution in [3.05, 3.63) is 17.3 Å². The first-order chi connectivity index (χ1) is 9.52. The highest BCUT2D eigenvalue weighted by Gasteiger charge is 2.06. The van der Waals surface area contributed by atoms with E-state index in [1.165, 1.54) is 0 Å². The molecule has 0 unspecified atom stereocenters. The smallest absolute Gasteiger partial charge is 0.214 e. The van der Waals surface area contributed by atoms with Crippen LogP contribution in [0.5, 0.6) is 0 Å². The van der Waals surface area contributed by atoms with Gasteiger partial charge < -0.3 is 19.8 Å². The van der Waals surface area contributed by atoms with Crippen molar-refractivity contribution in [3.8, 4) is 0 Å². The zero-order chi connectivity index (χ0) is 15.0. The SMILES string of the molecule is CN=C(NCCCOC(C)C)NCc1nc(C)c(C)o1. The summed E-state index contributed by atoms with van der Waals surface area (Å²) in [5.74, 6) is 2.27. The lowest BCUT2D eigenvalue weighted by Gasteiger charge is -2.11. The Labute approximate surface area is 121 Å². The van der Waals surface area contributed by atoms with Gasteiger partial charge in [0, 0.05) is 20.2 Å². The molecule has 0 atom stereocenters. The van der Waals surface area contributed by atoms with Crippen LogP contribution < -0.4 is 10.6 Å². The van der Waals surface area contributed by atoms with Gasteiger partial charge in [-0.15, -0.1) is 0 Å². The van der Waals surface area contributed by atoms with Crippen molar-refractivity contribution < 1.29 is 9.15 Å². The zero-order valence-corrected chi connectivity index (χ0v) is 13.1. The summed E-state index contributed by atoms with van der Waals surface area (Å²) >= 11 is 0. The van der Waals surface area contributed by atoms with E-state index in [-0.39, 0.29) is 6.10 Å². The summed E-state index contributed by atoms with van der Waals surface area (Å²) in [5, 5.41) is 6.39. The summed E-state index contributed by atoms with van der Waals surface area (Å²) in [6.07, 6.45) is 1.22. The second kappa shape index (κ2) is 8.58. The van der Waals surface area contributed by atoms with Crippen LogP contribution in [-0.2, 0) is 11.3 Å². The summed E-state index contributed by atoms with van der Waals surface area (Å²) in [7, 11) is 1.74. The average molecular weight is 282 g/mol. The Kier molecular flexibility index (Phi) is 7.08. The maximum atomic E-state index is 5.50. The van der Waals surface area contributed by atoms with Crippen molar-refractivity contribution in [1.29, 1.82) is 0 Å². The van der Waals surface area contributed by atoms with E-state index >= 15 is 0 Å². The highest BCUT2D eigenvalue weighted by molar-refractivity contribution is 5.79. The first-order valence-corrected chi connectivity index (χ1v) is 7.02. The van der Waals surface area contributed by atoms with E-state index in [4.69, 9.17) is 9.15 Å². The molecule has 1 aromatic heterocycles. The van der Waals surface area contributed by atoms with Crippen LogP contribution in [0, 0.1) is 13.8 Å². The molecule has 0 radical (unpaired) electrons. The third-order valence-corrected chi connectivity index (χ3v) is 2.77. The van der Waals surface area contributed by atoms with E-state index in [0.29, 0.717) is 12.4 Å². The summed E-state index contributed by atoms with van der Waals surface area (Å²) in [6, 6.07) is 0. The molecule has 6 nitrogen and oxygen atoms in total. The highest BCUT2D eigenvalue weighted by atomic mass is 16.5. The van der Waals surface area contributed by atoms with Gasteiger partial charge in [-0.25, -0.2) is 4.98 Å². The molecule has 0 aromatic carbocycles. The predicted octanol–water partition coefficient (Wildman–Crippen LogP) is 1.77. The number of aromatic nitrogens is 1. The lowest BCUT2D eigenvalue weighted by Crippen LogP contribution is -2.37. The number of guanidine groups is 1. The molecule has 0 bridgehead atoms. The number of hydrogen-bond donors (Lipinski definition) is 2. The predicted molar refractivity (Wildman–Crippen MR) is 79.9 cm³/mol. The Morgan fingerprint density at radius 1 is 1.35 bits per heavy atom. The van der Waals surface area contributed by atoms with Gasteiger partial charge in [-0.3, -0.25) is 4.99 Å². The number of oxazole rings is 1. The number of nitrogens with zero attached hydrogens (tertiary/aromatic N) is 2. The van der Waals surface area contributed by atoms with E-state index in [1.807, 2.05) is 27.7 Å². The van der Waals surface area contributed by atoms with Gasteiger partial charge in [0.2, 0.25) is 5.89 Å². The van der Waals surface area contributed by atoms with Crippen LogP contribution in [0.15, 0.2) is 9.41 Å². The summed E-state index contributed by atoms with van der Waals surface area (Å²) in [5.41, 5.74) is 0.926. The average Bonchev–Trinajstić information content (AvgIpc) is 2.71. The second-order valence-electron chi connectivity index (χ2n) is 4.87. The molecule has 0 amide bonds. The molecular formula is C14H26N4O2. The third kappa shape index (κ3) is 6.06. The molecule has 1 aromatic rings. The molecule has 1 heterocycles. The van der Waals surface area contributed by atoms with Gasteiger partial charge in [-0.2, -0.15) is 0 Å². The Hall–Kier alpha value is -1.56. The lowest BCUT2D eigenvalue weighted by atomic mass is 10.4. The van der Waals surface area contributed by atoms with Gasteiger partial charge in [0.05, 0.1) is 18.3 Å². The minimum absolute atomic E-state index is 0.281. The molecule has 0 fully saturated rings. The molecule has 0 aliphatic rings. The van der Waals surface area contributed by atoms with Gasteiger partial charge in [-0.05, 0) is 34.1 Å². The number of nitrogens with one attached hydrogen (secondary N) is 2. The summed E-state index contributed by atoms with van der Waals surface area (Å²) < 4.78 is 11.0. The molecule has 20 heavy (non-hydrogen) atoms. The maximum absolute atomic E-state index is 5.50. The largest absolute Gasteiger partial charge is 0.444 e. The van der Waals surface area contributed by atoms with Crippen LogP contribution in [0.1, 0.15) is 37.6 Å². The molecule has 0 spiro atoms. The van der Waals surface area contributed by atoms with Crippen LogP contribution in [0.25, 0.3) is 0 Å². The number of hydrogen-bond acceptors (Lipinski definition) is 4. The van der Waals surface area contributed by atoms with Gasteiger partial charge in [-0.1, -0.05) is 0 Å². The minimum atomic E-state index is 0.281. The molecule has 0 aliphatic heterocycles. The van der Waals surface area contributed by atoms with Crippen LogP contribution in [0.4, 0.5) is 0 Å². The third-order valence-electron chi connectivity index (χ3n) is 2.77. The molecule has 6 heteroatoms. The highest BCUT2D eigenvalue weighted by Crippen LogP contribution is 2.07. The normalized spacial score (nSPS) is 12.0. The Morgan fingerprint density at radius 2 is 2.10 bits per heavy atom. The van der Waals surface area contributed by atoms with Crippen molar-refractivity contribution in [1.82, 2.24) is 15.6 Å². The van der Waals surface area contributed by atoms with Crippen molar-refractivity contribution in [2.75, 3.05) is 20.2 Å². The second-order valence-corrected chi connectivity index (χ2v) is 4.87. The van der Waals surface area contributed by atoms with E-state index in [1.54, 1.807) is 7.05 Å². The van der Waals surface area contributed by atoms with Gasteiger partial charge >= 0.3 is 0 Å². The molecule has 114 valence electrons. The van der Waals surface area contributed by atoms with Crippen molar-refractivity contribution in [2.24, 2.45) is 4.99 Å². The first-order valence-electron chi connectivity index (χ1n) is 7.02. The molecular weight excluding hydrogens is 256 g/mol. The van der Waals surface area contributed by atoms with Crippen molar-refractivity contribution in [2.45, 2.75) is 46.8 Å². The molecule has 0 saturated heterocycles. The van der Waals surface area contributed by atoms with Crippen molar-refractivity contribution >= 4 is 5.96 Å². The first kappa shape index (κ1) is 16.5. The Bertz CT molecular complexity index is 407. The molecule has 1 rings (SSSR count). The monoisotopic (exact) mass is 282 g/mol. The fourth-order valence-corrected chi connectivity index (χ4v) is 1.59. The number of aliphatic imine (C=N–C) groups is 1. The topological polar surface area (TPSA) is 71.7 Å². The van der Waals surface area contributed by atoms with Crippen molar-refractivity contribution in [3.63, 3.8) is 0 Å². The fraction of sp³-hybridized carbons (Fsp3) is 0.714. The van der Waals surface area contributed by atoms with Gasteiger partial charge in [0.25, 0.3) is 0 Å². The quantitative estimate of drug-likeness (QED) is 0.453. The Morgan fingerprint density at radius 3 is 2.65 bits per heavy atom. The summed E-state index contributed by atoms with van der Waals surface area (Å²) in [4.78, 5) is 8.46. The number of rotatable bonds is 7. The van der Waals surface area contributed by atoms with E-state index in [0.717, 1.165) is 37.0 Å². The fourth-order valence-electron chi connectivity index (χ4n) is 1.59. The maximum Gasteiger partial charge on any atom is 0.214 e. The number of ether oxygens (including phenoxy) is 1. The van der Waals surface area contributed by atoms with Crippen LogP contribution in [-0.4, -0.2) is 37.2 Å². The Balaban J connectivity index is 2.23. The van der Waals surface area contributed by atoms with Crippen LogP contribution in [0.2, 0.25) is 0 Å². The molecule has 0 saturated carbocycles. The van der Waals surface area contributed by atoms with E-state index < -0.39 is 0 Å². The van der Waals surface area contributed by atoms with Gasteiger partial charge in [0.15, 0.2) is 5.96 Å². The minimum Gasteiger partial charge on any atom is -0.444 e. The lowest BCUT2D eigenvalue weighted by molar-refractivity contribution is 0.0776.